The lowest BCUT2D eigenvalue weighted by molar-refractivity contribution is 0.616. The minimum atomic E-state index is -0.207. The van der Waals surface area contributed by atoms with Crippen molar-refractivity contribution in [1.82, 2.24) is 10.2 Å². The van der Waals surface area contributed by atoms with E-state index in [0.29, 0.717) is 9.89 Å². The summed E-state index contributed by atoms with van der Waals surface area (Å²) >= 11 is 3.30. The molecule has 2 aromatic rings. The first-order valence-electron chi connectivity index (χ1n) is 11.1. The molecule has 0 amide bonds. The molecule has 5 rings (SSSR count). The number of unbranched alkanes of at least 4 members (excludes halogenated alkanes) is 1. The predicted molar refractivity (Wildman–Crippen MR) is 126 cm³/mol. The topological polar surface area (TPSA) is 57.9 Å². The zero-order chi connectivity index (χ0) is 21.7. The second-order valence-electron chi connectivity index (χ2n) is 8.48. The molecule has 1 aromatic heterocycles. The molecule has 2 unspecified atom stereocenters. The number of nitrogens with one attached hydrogen (secondary N) is 1. The van der Waals surface area contributed by atoms with Crippen LogP contribution < -0.4 is 10.6 Å². The van der Waals surface area contributed by atoms with Gasteiger partial charge in [0.05, 0.1) is 10.2 Å². The van der Waals surface area contributed by atoms with Gasteiger partial charge in [-0.3, -0.25) is 5.10 Å². The van der Waals surface area contributed by atoms with Crippen LogP contribution in [0.2, 0.25) is 0 Å². The van der Waals surface area contributed by atoms with Gasteiger partial charge in [0.25, 0.3) is 0 Å². The van der Waals surface area contributed by atoms with E-state index < -0.39 is 0 Å². The fourth-order valence-corrected chi connectivity index (χ4v) is 5.11. The van der Waals surface area contributed by atoms with Gasteiger partial charge in [-0.2, -0.15) is 5.10 Å². The Labute approximate surface area is 188 Å². The third-order valence-electron chi connectivity index (χ3n) is 6.58. The van der Waals surface area contributed by atoms with Gasteiger partial charge >= 0.3 is 0 Å². The minimum Gasteiger partial charge on any atom is -0.405 e. The second-order valence-corrected chi connectivity index (χ2v) is 9.34. The van der Waals surface area contributed by atoms with E-state index in [1.807, 2.05) is 12.1 Å². The molecule has 3 N–H and O–H groups in total. The zero-order valence-electron chi connectivity index (χ0n) is 18.2. The van der Waals surface area contributed by atoms with E-state index >= 15 is 0 Å². The van der Waals surface area contributed by atoms with E-state index in [4.69, 9.17) is 5.10 Å². The maximum atomic E-state index is 13.5. The second kappa shape index (κ2) is 9.99. The highest BCUT2D eigenvalue weighted by Crippen LogP contribution is 2.64. The average Bonchev–Trinajstić information content (AvgIpc) is 3.10. The number of hydrogen-bond donors (Lipinski definition) is 2. The third kappa shape index (κ3) is 4.58. The first-order valence-corrected chi connectivity index (χ1v) is 11.9. The molecule has 1 aliphatic heterocycles. The Kier molecular flexibility index (Phi) is 7.61. The highest BCUT2D eigenvalue weighted by atomic mass is 79.9. The summed E-state index contributed by atoms with van der Waals surface area (Å²) in [6.07, 6.45) is 10.2. The van der Waals surface area contributed by atoms with Crippen LogP contribution in [-0.4, -0.2) is 16.7 Å². The summed E-state index contributed by atoms with van der Waals surface area (Å²) in [4.78, 5) is 2.34. The fraction of sp³-hybridized carbons (Fsp3) is 0.542. The summed E-state index contributed by atoms with van der Waals surface area (Å²) in [5.41, 5.74) is 10.1. The molecular formula is C24H34BrFN4. The molecule has 30 heavy (non-hydrogen) atoms. The third-order valence-corrected chi connectivity index (χ3v) is 7.19. The Balaban J connectivity index is 0.000000324. The number of anilines is 1. The fourth-order valence-electron chi connectivity index (χ4n) is 4.75. The highest BCUT2D eigenvalue weighted by Gasteiger charge is 2.60. The molecule has 3 aliphatic rings. The number of halogens is 2. The van der Waals surface area contributed by atoms with Crippen molar-refractivity contribution in [3.05, 3.63) is 58.2 Å². The molecule has 1 aromatic carbocycles. The van der Waals surface area contributed by atoms with Crippen LogP contribution in [0, 0.1) is 11.7 Å². The molecule has 2 saturated carbocycles. The van der Waals surface area contributed by atoms with Gasteiger partial charge < -0.3 is 10.6 Å². The van der Waals surface area contributed by atoms with E-state index in [9.17, 15) is 4.39 Å². The van der Waals surface area contributed by atoms with Gasteiger partial charge in [-0.15, -0.1) is 0 Å². The van der Waals surface area contributed by atoms with E-state index in [0.717, 1.165) is 31.1 Å². The number of H-pyrrole nitrogens is 1. The molecule has 2 heterocycles. The first-order chi connectivity index (χ1) is 14.5. The van der Waals surface area contributed by atoms with Crippen LogP contribution >= 0.6 is 15.9 Å². The molecule has 0 spiro atoms. The van der Waals surface area contributed by atoms with Crippen molar-refractivity contribution in [1.29, 1.82) is 0 Å². The molecule has 164 valence electrons. The smallest absolute Gasteiger partial charge is 0.137 e. The van der Waals surface area contributed by atoms with Crippen molar-refractivity contribution in [2.75, 3.05) is 11.4 Å². The number of benzene rings is 1. The Morgan fingerprint density at radius 2 is 2.13 bits per heavy atom. The maximum absolute atomic E-state index is 13.5. The maximum Gasteiger partial charge on any atom is 0.137 e. The summed E-state index contributed by atoms with van der Waals surface area (Å²) in [5, 5.41) is 8.03. The van der Waals surface area contributed by atoms with Crippen molar-refractivity contribution < 1.29 is 4.39 Å². The lowest BCUT2D eigenvalue weighted by Crippen LogP contribution is -2.31. The van der Waals surface area contributed by atoms with Crippen LogP contribution in [0.5, 0.6) is 0 Å². The molecule has 6 heteroatoms. The van der Waals surface area contributed by atoms with Crippen LogP contribution in [0.1, 0.15) is 69.3 Å². The predicted octanol–water partition coefficient (Wildman–Crippen LogP) is 6.21. The van der Waals surface area contributed by atoms with Gasteiger partial charge in [0.15, 0.2) is 0 Å². The normalized spacial score (nSPS) is 23.3. The number of rotatable bonds is 3. The van der Waals surface area contributed by atoms with Crippen LogP contribution in [-0.2, 0) is 18.4 Å². The van der Waals surface area contributed by atoms with Gasteiger partial charge in [0.1, 0.15) is 5.82 Å². The molecule has 0 radical (unpaired) electrons. The molecular weight excluding hydrogens is 443 g/mol. The number of nitrogens with two attached hydrogens (primary N) is 1. The summed E-state index contributed by atoms with van der Waals surface area (Å²) < 4.78 is 14.0. The summed E-state index contributed by atoms with van der Waals surface area (Å²) in [7, 11) is 0. The van der Waals surface area contributed by atoms with Gasteiger partial charge in [0.2, 0.25) is 0 Å². The Bertz CT molecular complexity index is 863. The molecule has 0 saturated heterocycles. The number of aromatic nitrogens is 2. The van der Waals surface area contributed by atoms with Gasteiger partial charge in [-0.1, -0.05) is 39.7 Å². The number of fused-ring (bicyclic) bond motifs is 2. The quantitative estimate of drug-likeness (QED) is 0.553. The van der Waals surface area contributed by atoms with E-state index in [1.165, 1.54) is 67.7 Å². The van der Waals surface area contributed by atoms with Gasteiger partial charge in [-0.05, 0) is 65.5 Å². The van der Waals surface area contributed by atoms with E-state index in [-0.39, 0.29) is 5.82 Å². The highest BCUT2D eigenvalue weighted by molar-refractivity contribution is 9.10. The van der Waals surface area contributed by atoms with Crippen LogP contribution in [0.15, 0.2) is 35.5 Å². The number of hydrogen-bond acceptors (Lipinski definition) is 3. The molecule has 2 atom stereocenters. The van der Waals surface area contributed by atoms with Crippen molar-refractivity contribution in [3.8, 4) is 0 Å². The summed E-state index contributed by atoms with van der Waals surface area (Å²) in [6.45, 7) is 9.33. The zero-order valence-corrected chi connectivity index (χ0v) is 19.8. The van der Waals surface area contributed by atoms with Crippen molar-refractivity contribution in [3.63, 3.8) is 0 Å². The minimum absolute atomic E-state index is 0.207. The average molecular weight is 477 g/mol. The van der Waals surface area contributed by atoms with E-state index in [2.05, 4.69) is 52.1 Å². The van der Waals surface area contributed by atoms with Gasteiger partial charge in [-0.25, -0.2) is 4.39 Å². The van der Waals surface area contributed by atoms with Crippen LogP contribution in [0.3, 0.4) is 0 Å². The van der Waals surface area contributed by atoms with E-state index in [1.54, 1.807) is 0 Å². The SMILES string of the molecule is C=CN.CCCC.Fc1ccc(N2CCc3[nH]nc(C45CCCC4C5)c3C2)cc1Br. The van der Waals surface area contributed by atoms with Crippen molar-refractivity contribution in [2.45, 2.75) is 70.8 Å². The van der Waals surface area contributed by atoms with Gasteiger partial charge in [0, 0.05) is 41.9 Å². The first kappa shape index (κ1) is 22.9. The van der Waals surface area contributed by atoms with Crippen molar-refractivity contribution in [2.24, 2.45) is 11.7 Å². The Morgan fingerprint density at radius 3 is 2.70 bits per heavy atom. The van der Waals surface area contributed by atoms with Crippen molar-refractivity contribution >= 4 is 21.6 Å². The summed E-state index contributed by atoms with van der Waals surface area (Å²) in [6, 6.07) is 5.30. The standard InChI is InChI=1S/C18H19BrFN3.C4H10.C2H5N/c19-14-8-12(3-4-15(14)20)23-7-5-16-13(10-23)17(22-21-16)18-6-1-2-11(18)9-18;1-3-4-2;1-2-3/h3-4,8,11H,1-2,5-7,9-10H2,(H,21,22);3-4H2,1-2H3;2H,1,3H2. The molecule has 0 bridgehead atoms. The van der Waals surface area contributed by atoms with Crippen LogP contribution in [0.25, 0.3) is 0 Å². The molecule has 2 aliphatic carbocycles. The largest absolute Gasteiger partial charge is 0.405 e. The summed E-state index contributed by atoms with van der Waals surface area (Å²) in [5.74, 6) is 0.659. The monoisotopic (exact) mass is 476 g/mol. The van der Waals surface area contributed by atoms with Crippen LogP contribution in [0.4, 0.5) is 10.1 Å². The Hall–Kier alpha value is -1.82. The Morgan fingerprint density at radius 1 is 1.40 bits per heavy atom. The number of nitrogens with zero attached hydrogens (tertiary/aromatic N) is 2. The molecule has 2 fully saturated rings. The molecule has 4 nitrogen and oxygen atoms in total. The lowest BCUT2D eigenvalue weighted by atomic mass is 9.92. The lowest BCUT2D eigenvalue weighted by Gasteiger charge is -2.30. The number of aromatic amines is 1.